The van der Waals surface area contributed by atoms with Gasteiger partial charge in [-0.2, -0.15) is 0 Å². The number of methoxy groups -OCH3 is 1. The van der Waals surface area contributed by atoms with E-state index >= 15 is 0 Å². The van der Waals surface area contributed by atoms with Crippen LogP contribution >= 0.6 is 0 Å². The second-order valence-electron chi connectivity index (χ2n) is 7.19. The average molecular weight is 298 g/mol. The quantitative estimate of drug-likeness (QED) is 0.801. The molecule has 122 valence electrons. The van der Waals surface area contributed by atoms with Gasteiger partial charge in [-0.1, -0.05) is 0 Å². The minimum atomic E-state index is -0.524. The highest BCUT2D eigenvalue weighted by atomic mass is 16.5. The third-order valence-corrected chi connectivity index (χ3v) is 4.89. The van der Waals surface area contributed by atoms with Crippen LogP contribution in [0.2, 0.25) is 0 Å². The molecule has 3 unspecified atom stereocenters. The molecule has 3 atom stereocenters. The molecule has 1 saturated heterocycles. The summed E-state index contributed by atoms with van der Waals surface area (Å²) in [5.74, 6) is -0.129. The van der Waals surface area contributed by atoms with Crippen molar-refractivity contribution in [1.29, 1.82) is 0 Å². The molecule has 1 N–H and O–H groups in total. The van der Waals surface area contributed by atoms with Crippen molar-refractivity contribution < 1.29 is 14.3 Å². The van der Waals surface area contributed by atoms with Crippen molar-refractivity contribution >= 4 is 5.97 Å². The second-order valence-corrected chi connectivity index (χ2v) is 7.19. The van der Waals surface area contributed by atoms with Crippen LogP contribution in [0, 0.1) is 0 Å². The Bertz CT molecular complexity index is 386. The highest BCUT2D eigenvalue weighted by Gasteiger charge is 2.45. The maximum atomic E-state index is 12.2. The van der Waals surface area contributed by atoms with Crippen molar-refractivity contribution in [3.63, 3.8) is 0 Å². The number of likely N-dealkylation sites (N-methyl/N-ethyl adjacent to an activating group) is 1. The van der Waals surface area contributed by atoms with E-state index in [2.05, 4.69) is 31.0 Å². The number of ether oxygens (including phenoxy) is 2. The lowest BCUT2D eigenvalue weighted by Crippen LogP contribution is -2.61. The third kappa shape index (κ3) is 3.58. The molecule has 0 aromatic heterocycles. The molecule has 0 amide bonds. The molecule has 0 radical (unpaired) electrons. The van der Waals surface area contributed by atoms with Crippen LogP contribution in [-0.4, -0.2) is 61.4 Å². The van der Waals surface area contributed by atoms with Gasteiger partial charge in [-0.25, -0.2) is 0 Å². The van der Waals surface area contributed by atoms with Gasteiger partial charge < -0.3 is 14.8 Å². The van der Waals surface area contributed by atoms with E-state index in [-0.39, 0.29) is 17.7 Å². The minimum Gasteiger partial charge on any atom is -0.468 e. The fourth-order valence-electron chi connectivity index (χ4n) is 4.05. The normalized spacial score (nSPS) is 37.2. The Balaban J connectivity index is 2.11. The molecular formula is C16H30N2O3. The standard InChI is InChI=1S/C16H30N2O3/c1-12-10-18(11-15(2,3)21-12)13-7-6-8-16(9-13,17-4)14(19)20-5/h12-13,17H,6-11H2,1-5H3. The molecule has 1 aliphatic carbocycles. The van der Waals surface area contributed by atoms with Gasteiger partial charge in [0.1, 0.15) is 5.54 Å². The Kier molecular flexibility index (Phi) is 4.96. The van der Waals surface area contributed by atoms with Gasteiger partial charge in [0.05, 0.1) is 18.8 Å². The minimum absolute atomic E-state index is 0.122. The average Bonchev–Trinajstić information content (AvgIpc) is 2.44. The molecule has 1 aliphatic heterocycles. The lowest BCUT2D eigenvalue weighted by molar-refractivity contribution is -0.156. The van der Waals surface area contributed by atoms with E-state index in [4.69, 9.17) is 9.47 Å². The molecule has 0 bridgehead atoms. The van der Waals surface area contributed by atoms with Gasteiger partial charge in [-0.05, 0) is 53.5 Å². The SMILES string of the molecule is CNC1(C(=O)OC)CCCC(N2CC(C)OC(C)(C)C2)C1. The molecule has 1 saturated carbocycles. The first-order valence-corrected chi connectivity index (χ1v) is 8.01. The Morgan fingerprint density at radius 1 is 1.43 bits per heavy atom. The van der Waals surface area contributed by atoms with Crippen LogP contribution in [0.1, 0.15) is 46.5 Å². The number of rotatable bonds is 3. The summed E-state index contributed by atoms with van der Waals surface area (Å²) in [6, 6.07) is 0.413. The maximum Gasteiger partial charge on any atom is 0.326 e. The molecule has 2 rings (SSSR count). The molecule has 21 heavy (non-hydrogen) atoms. The van der Waals surface area contributed by atoms with Crippen LogP contribution in [0.3, 0.4) is 0 Å². The Morgan fingerprint density at radius 2 is 2.14 bits per heavy atom. The number of nitrogens with one attached hydrogen (secondary N) is 1. The molecule has 2 aliphatic rings. The summed E-state index contributed by atoms with van der Waals surface area (Å²) in [7, 11) is 3.34. The number of hydrogen-bond acceptors (Lipinski definition) is 5. The van der Waals surface area contributed by atoms with Crippen LogP contribution < -0.4 is 5.32 Å². The van der Waals surface area contributed by atoms with Crippen molar-refractivity contribution in [3.8, 4) is 0 Å². The topological polar surface area (TPSA) is 50.8 Å². The van der Waals surface area contributed by atoms with Crippen molar-refractivity contribution in [1.82, 2.24) is 10.2 Å². The van der Waals surface area contributed by atoms with E-state index in [0.717, 1.165) is 38.8 Å². The number of esters is 1. The Morgan fingerprint density at radius 3 is 2.71 bits per heavy atom. The molecule has 0 aromatic rings. The molecular weight excluding hydrogens is 268 g/mol. The van der Waals surface area contributed by atoms with Gasteiger partial charge >= 0.3 is 5.97 Å². The van der Waals surface area contributed by atoms with Gasteiger partial charge in [0.25, 0.3) is 0 Å². The highest BCUT2D eigenvalue weighted by molar-refractivity contribution is 5.81. The zero-order chi connectivity index (χ0) is 15.7. The first-order valence-electron chi connectivity index (χ1n) is 8.01. The number of morpholine rings is 1. The van der Waals surface area contributed by atoms with E-state index in [0.29, 0.717) is 6.04 Å². The lowest BCUT2D eigenvalue weighted by Gasteiger charge is -2.49. The maximum absolute atomic E-state index is 12.2. The zero-order valence-electron chi connectivity index (χ0n) is 14.1. The van der Waals surface area contributed by atoms with Crippen LogP contribution in [0.15, 0.2) is 0 Å². The van der Waals surface area contributed by atoms with Crippen molar-refractivity contribution in [2.24, 2.45) is 0 Å². The van der Waals surface area contributed by atoms with Crippen LogP contribution in [0.4, 0.5) is 0 Å². The first-order chi connectivity index (χ1) is 9.82. The smallest absolute Gasteiger partial charge is 0.326 e. The van der Waals surface area contributed by atoms with E-state index in [1.165, 1.54) is 7.11 Å². The van der Waals surface area contributed by atoms with Gasteiger partial charge in [0.15, 0.2) is 0 Å². The Labute approximate surface area is 128 Å². The fourth-order valence-corrected chi connectivity index (χ4v) is 4.05. The predicted molar refractivity (Wildman–Crippen MR) is 82.3 cm³/mol. The van der Waals surface area contributed by atoms with E-state index in [9.17, 15) is 4.79 Å². The molecule has 5 nitrogen and oxygen atoms in total. The highest BCUT2D eigenvalue weighted by Crippen LogP contribution is 2.34. The summed E-state index contributed by atoms with van der Waals surface area (Å²) in [5, 5.41) is 3.24. The molecule has 0 spiro atoms. The van der Waals surface area contributed by atoms with Gasteiger partial charge in [0, 0.05) is 19.1 Å². The summed E-state index contributed by atoms with van der Waals surface area (Å²) in [6.07, 6.45) is 4.10. The number of hydrogen-bond donors (Lipinski definition) is 1. The first kappa shape index (κ1) is 16.7. The van der Waals surface area contributed by atoms with Crippen molar-refractivity contribution in [3.05, 3.63) is 0 Å². The van der Waals surface area contributed by atoms with Gasteiger partial charge in [-0.15, -0.1) is 0 Å². The third-order valence-electron chi connectivity index (χ3n) is 4.89. The zero-order valence-corrected chi connectivity index (χ0v) is 14.1. The summed E-state index contributed by atoms with van der Waals surface area (Å²) in [4.78, 5) is 14.7. The fraction of sp³-hybridized carbons (Fsp3) is 0.938. The number of carbonyl (C=O) groups excluding carboxylic acids is 1. The number of nitrogens with zero attached hydrogens (tertiary/aromatic N) is 1. The monoisotopic (exact) mass is 298 g/mol. The second kappa shape index (κ2) is 6.23. The molecule has 0 aromatic carbocycles. The van der Waals surface area contributed by atoms with Crippen LogP contribution in [-0.2, 0) is 14.3 Å². The molecule has 2 fully saturated rings. The van der Waals surface area contributed by atoms with Gasteiger partial charge in [-0.3, -0.25) is 9.69 Å². The summed E-state index contributed by atoms with van der Waals surface area (Å²) in [5.41, 5.74) is -0.647. The molecule has 5 heteroatoms. The lowest BCUT2D eigenvalue weighted by atomic mass is 9.78. The Hall–Kier alpha value is -0.650. The van der Waals surface area contributed by atoms with Gasteiger partial charge in [0.2, 0.25) is 0 Å². The van der Waals surface area contributed by atoms with Crippen molar-refractivity contribution in [2.75, 3.05) is 27.2 Å². The summed E-state index contributed by atoms with van der Waals surface area (Å²) >= 11 is 0. The van der Waals surface area contributed by atoms with E-state index in [1.807, 2.05) is 7.05 Å². The predicted octanol–water partition coefficient (Wildman–Crippen LogP) is 1.56. The summed E-state index contributed by atoms with van der Waals surface area (Å²) < 4.78 is 11.0. The summed E-state index contributed by atoms with van der Waals surface area (Å²) in [6.45, 7) is 8.27. The largest absolute Gasteiger partial charge is 0.468 e. The van der Waals surface area contributed by atoms with E-state index in [1.54, 1.807) is 0 Å². The van der Waals surface area contributed by atoms with Crippen LogP contribution in [0.25, 0.3) is 0 Å². The molecule has 1 heterocycles. The van der Waals surface area contributed by atoms with Crippen molar-refractivity contribution in [2.45, 2.75) is 69.7 Å². The number of carbonyl (C=O) groups is 1. The van der Waals surface area contributed by atoms with E-state index < -0.39 is 5.54 Å². The van der Waals surface area contributed by atoms with Crippen LogP contribution in [0.5, 0.6) is 0 Å².